The Hall–Kier alpha value is -1.71. The molecule has 0 fully saturated rings. The third-order valence-corrected chi connectivity index (χ3v) is 1.42. The Bertz CT molecular complexity index is 276. The van der Waals surface area contributed by atoms with Crippen LogP contribution in [0.3, 0.4) is 0 Å². The van der Waals surface area contributed by atoms with Crippen molar-refractivity contribution in [2.45, 2.75) is 0 Å². The lowest BCUT2D eigenvalue weighted by Gasteiger charge is -2.03. The molecule has 1 aromatic carbocycles. The van der Waals surface area contributed by atoms with Gasteiger partial charge in [-0.2, -0.15) is 0 Å². The lowest BCUT2D eigenvalue weighted by Crippen LogP contribution is -2.21. The van der Waals surface area contributed by atoms with Gasteiger partial charge in [-0.3, -0.25) is 4.99 Å². The Morgan fingerprint density at radius 1 is 1.33 bits per heavy atom. The highest BCUT2D eigenvalue weighted by molar-refractivity contribution is 5.92. The molecular formula is C8H12N4. The van der Waals surface area contributed by atoms with Gasteiger partial charge in [0.25, 0.3) is 0 Å². The normalized spacial score (nSPS) is 11.2. The number of rotatable bonds is 1. The second kappa shape index (κ2) is 3.61. The zero-order valence-electron chi connectivity index (χ0n) is 6.91. The molecule has 0 bridgehead atoms. The van der Waals surface area contributed by atoms with E-state index in [4.69, 9.17) is 11.5 Å². The van der Waals surface area contributed by atoms with E-state index in [2.05, 4.69) is 10.3 Å². The van der Waals surface area contributed by atoms with Gasteiger partial charge in [0, 0.05) is 18.4 Å². The molecule has 0 spiro atoms. The first-order valence-electron chi connectivity index (χ1n) is 3.57. The van der Waals surface area contributed by atoms with Crippen LogP contribution in [-0.2, 0) is 0 Å². The molecule has 4 heteroatoms. The summed E-state index contributed by atoms with van der Waals surface area (Å²) >= 11 is 0. The van der Waals surface area contributed by atoms with Crippen LogP contribution in [0.1, 0.15) is 0 Å². The molecule has 0 radical (unpaired) electrons. The predicted octanol–water partition coefficient (Wildman–Crippen LogP) is 0.625. The highest BCUT2D eigenvalue weighted by atomic mass is 15.1. The van der Waals surface area contributed by atoms with Gasteiger partial charge in [-0.25, -0.2) is 0 Å². The Morgan fingerprint density at radius 2 is 1.92 bits per heavy atom. The summed E-state index contributed by atoms with van der Waals surface area (Å²) < 4.78 is 0. The van der Waals surface area contributed by atoms with E-state index in [0.29, 0.717) is 5.96 Å². The molecule has 0 aromatic heterocycles. The summed E-state index contributed by atoms with van der Waals surface area (Å²) in [5, 5.41) is 2.89. The molecule has 4 nitrogen and oxygen atoms in total. The van der Waals surface area contributed by atoms with Gasteiger partial charge < -0.3 is 16.8 Å². The first kappa shape index (κ1) is 8.39. The summed E-state index contributed by atoms with van der Waals surface area (Å²) in [7, 11) is 1.62. The van der Waals surface area contributed by atoms with Gasteiger partial charge in [-0.1, -0.05) is 0 Å². The van der Waals surface area contributed by atoms with Crippen LogP contribution in [0.2, 0.25) is 0 Å². The number of anilines is 2. The van der Waals surface area contributed by atoms with Crippen LogP contribution < -0.4 is 16.8 Å². The van der Waals surface area contributed by atoms with E-state index in [0.717, 1.165) is 11.4 Å². The van der Waals surface area contributed by atoms with E-state index in [1.165, 1.54) is 0 Å². The molecule has 12 heavy (non-hydrogen) atoms. The Kier molecular flexibility index (Phi) is 2.53. The molecule has 1 aromatic rings. The van der Waals surface area contributed by atoms with Crippen LogP contribution in [0, 0.1) is 0 Å². The number of aliphatic imine (C=N–C) groups is 1. The summed E-state index contributed by atoms with van der Waals surface area (Å²) in [5.41, 5.74) is 12.6. The number of nitrogens with zero attached hydrogens (tertiary/aromatic N) is 1. The summed E-state index contributed by atoms with van der Waals surface area (Å²) in [5.74, 6) is 0.389. The molecule has 0 aliphatic rings. The van der Waals surface area contributed by atoms with E-state index in [-0.39, 0.29) is 0 Å². The van der Waals surface area contributed by atoms with E-state index >= 15 is 0 Å². The summed E-state index contributed by atoms with van der Waals surface area (Å²) in [4.78, 5) is 3.76. The monoisotopic (exact) mass is 164 g/mol. The molecule has 0 aliphatic heterocycles. The zero-order valence-corrected chi connectivity index (χ0v) is 6.91. The average molecular weight is 164 g/mol. The lowest BCUT2D eigenvalue weighted by molar-refractivity contribution is 1.38. The van der Waals surface area contributed by atoms with Gasteiger partial charge in [-0.05, 0) is 24.3 Å². The first-order valence-corrected chi connectivity index (χ1v) is 3.57. The standard InChI is InChI=1S/C8H12N4/c1-11-8(10)12-7-4-2-6(9)3-5-7/h2-5H,9H2,1H3,(H3,10,11,12). The maximum Gasteiger partial charge on any atom is 0.192 e. The molecule has 0 saturated carbocycles. The number of nitrogens with one attached hydrogen (secondary N) is 1. The van der Waals surface area contributed by atoms with Gasteiger partial charge in [0.15, 0.2) is 5.96 Å². The SMILES string of the molecule is CN=C(N)Nc1ccc(N)cc1. The first-order chi connectivity index (χ1) is 5.72. The molecule has 0 atom stereocenters. The molecular weight excluding hydrogens is 152 g/mol. The largest absolute Gasteiger partial charge is 0.399 e. The summed E-state index contributed by atoms with van der Waals surface area (Å²) in [6.45, 7) is 0. The maximum absolute atomic E-state index is 5.50. The summed E-state index contributed by atoms with van der Waals surface area (Å²) in [6, 6.07) is 7.28. The van der Waals surface area contributed by atoms with Crippen LogP contribution in [-0.4, -0.2) is 13.0 Å². The van der Waals surface area contributed by atoms with Crippen LogP contribution in [0.4, 0.5) is 11.4 Å². The Balaban J connectivity index is 2.71. The van der Waals surface area contributed by atoms with E-state index in [9.17, 15) is 0 Å². The molecule has 5 N–H and O–H groups in total. The molecule has 0 amide bonds. The van der Waals surface area contributed by atoms with Crippen molar-refractivity contribution in [1.29, 1.82) is 0 Å². The number of guanidine groups is 1. The van der Waals surface area contributed by atoms with Crippen molar-refractivity contribution in [1.82, 2.24) is 0 Å². The lowest BCUT2D eigenvalue weighted by atomic mass is 10.3. The highest BCUT2D eigenvalue weighted by Gasteiger charge is 1.91. The fraction of sp³-hybridized carbons (Fsp3) is 0.125. The van der Waals surface area contributed by atoms with Crippen molar-refractivity contribution < 1.29 is 0 Å². The Morgan fingerprint density at radius 3 is 2.42 bits per heavy atom. The van der Waals surface area contributed by atoms with Crippen molar-refractivity contribution in [3.8, 4) is 0 Å². The van der Waals surface area contributed by atoms with Crippen molar-refractivity contribution in [3.63, 3.8) is 0 Å². The quantitative estimate of drug-likeness (QED) is 0.323. The summed E-state index contributed by atoms with van der Waals surface area (Å²) in [6.07, 6.45) is 0. The van der Waals surface area contributed by atoms with E-state index < -0.39 is 0 Å². The second-order valence-electron chi connectivity index (χ2n) is 2.36. The third kappa shape index (κ3) is 2.16. The number of hydrogen-bond donors (Lipinski definition) is 3. The van der Waals surface area contributed by atoms with Crippen LogP contribution in [0.25, 0.3) is 0 Å². The molecule has 0 aliphatic carbocycles. The number of nitrogens with two attached hydrogens (primary N) is 2. The predicted molar refractivity (Wildman–Crippen MR) is 52.0 cm³/mol. The Labute approximate surface area is 71.3 Å². The average Bonchev–Trinajstić information content (AvgIpc) is 2.09. The molecule has 0 unspecified atom stereocenters. The fourth-order valence-electron chi connectivity index (χ4n) is 0.770. The van der Waals surface area contributed by atoms with Crippen molar-refractivity contribution in [3.05, 3.63) is 24.3 Å². The smallest absolute Gasteiger partial charge is 0.192 e. The molecule has 1 rings (SSSR count). The minimum atomic E-state index is 0.389. The van der Waals surface area contributed by atoms with Crippen LogP contribution in [0.15, 0.2) is 29.3 Å². The minimum absolute atomic E-state index is 0.389. The molecule has 0 heterocycles. The van der Waals surface area contributed by atoms with Gasteiger partial charge in [0.05, 0.1) is 0 Å². The van der Waals surface area contributed by atoms with Gasteiger partial charge >= 0.3 is 0 Å². The number of benzene rings is 1. The van der Waals surface area contributed by atoms with Crippen molar-refractivity contribution >= 4 is 17.3 Å². The van der Waals surface area contributed by atoms with Crippen LogP contribution in [0.5, 0.6) is 0 Å². The molecule has 64 valence electrons. The number of nitrogen functional groups attached to an aromatic ring is 1. The van der Waals surface area contributed by atoms with Gasteiger partial charge in [0.2, 0.25) is 0 Å². The second-order valence-corrected chi connectivity index (χ2v) is 2.36. The minimum Gasteiger partial charge on any atom is -0.399 e. The topological polar surface area (TPSA) is 76.4 Å². The van der Waals surface area contributed by atoms with Crippen LogP contribution >= 0.6 is 0 Å². The van der Waals surface area contributed by atoms with Gasteiger partial charge in [0.1, 0.15) is 0 Å². The fourth-order valence-corrected chi connectivity index (χ4v) is 0.770. The van der Waals surface area contributed by atoms with E-state index in [1.54, 1.807) is 19.2 Å². The molecule has 0 saturated heterocycles. The van der Waals surface area contributed by atoms with Gasteiger partial charge in [-0.15, -0.1) is 0 Å². The maximum atomic E-state index is 5.50. The zero-order chi connectivity index (χ0) is 8.97. The van der Waals surface area contributed by atoms with Crippen molar-refractivity contribution in [2.75, 3.05) is 18.1 Å². The van der Waals surface area contributed by atoms with E-state index in [1.807, 2.05) is 12.1 Å². The third-order valence-electron chi connectivity index (χ3n) is 1.42. The van der Waals surface area contributed by atoms with Crippen molar-refractivity contribution in [2.24, 2.45) is 10.7 Å². The highest BCUT2D eigenvalue weighted by Crippen LogP contribution is 2.09. The number of hydrogen-bond acceptors (Lipinski definition) is 2.